The summed E-state index contributed by atoms with van der Waals surface area (Å²) in [6.45, 7) is 0. The van der Waals surface area contributed by atoms with E-state index in [1.165, 1.54) is 52.5 Å². The Morgan fingerprint density at radius 3 is 2.10 bits per heavy atom. The summed E-state index contributed by atoms with van der Waals surface area (Å²) in [4.78, 5) is 11.0. The zero-order chi connectivity index (χ0) is 27.5. The molecule has 42 heavy (non-hydrogen) atoms. The lowest BCUT2D eigenvalue weighted by Gasteiger charge is -2.10. The van der Waals surface area contributed by atoms with Gasteiger partial charge in [0.15, 0.2) is 11.0 Å². The lowest BCUT2D eigenvalue weighted by Crippen LogP contribution is -2.00. The predicted octanol–water partition coefficient (Wildman–Crippen LogP) is 11.3. The van der Waals surface area contributed by atoms with Crippen LogP contribution in [-0.2, 0) is 0 Å². The van der Waals surface area contributed by atoms with Crippen molar-refractivity contribution < 1.29 is 0 Å². The fraction of sp³-hybridized carbons (Fsp3) is 0. The average Bonchev–Trinajstić information content (AvgIpc) is 3.70. The Bertz CT molecular complexity index is 2770. The summed E-state index contributed by atoms with van der Waals surface area (Å²) >= 11 is 10.6. The number of aromatic nitrogens is 3. The number of fused-ring (bicyclic) bond motifs is 15. The van der Waals surface area contributed by atoms with Crippen molar-refractivity contribution in [2.45, 2.75) is 0 Å². The number of hydrogen-bond acceptors (Lipinski definition) is 4. The van der Waals surface area contributed by atoms with Crippen LogP contribution in [0, 0.1) is 0 Å². The van der Waals surface area contributed by atoms with E-state index in [1.54, 1.807) is 11.3 Å². The van der Waals surface area contributed by atoms with Crippen LogP contribution in [0.4, 0.5) is 0 Å². The van der Waals surface area contributed by atoms with Crippen LogP contribution in [0.2, 0.25) is 5.15 Å². The smallest absolute Gasteiger partial charge is 0.176 e. The van der Waals surface area contributed by atoms with E-state index in [-0.39, 0.29) is 0 Å². The number of benzene rings is 6. The van der Waals surface area contributed by atoms with Crippen LogP contribution in [0.5, 0.6) is 0 Å². The number of nitrogens with zero attached hydrogens (tertiary/aromatic N) is 3. The maximum absolute atomic E-state index is 7.06. The standard InChI is InChI=1S/C36H18ClN3S2/c37-34-35(38-30-24-14-6-8-16-27(24)41-36(30)39-34)40-26-15-7-5-13-23(26)28-21-11-3-4-12-22(21)29-25-18-17-19-9-1-2-10-20(19)32(25)42-33(29)31(28)40/h1-18H. The lowest BCUT2D eigenvalue weighted by atomic mass is 9.98. The highest BCUT2D eigenvalue weighted by Gasteiger charge is 2.24. The van der Waals surface area contributed by atoms with Crippen molar-refractivity contribution in [2.24, 2.45) is 0 Å². The number of rotatable bonds is 1. The second kappa shape index (κ2) is 8.26. The van der Waals surface area contributed by atoms with Gasteiger partial charge in [-0.1, -0.05) is 109 Å². The van der Waals surface area contributed by atoms with Crippen molar-refractivity contribution in [3.63, 3.8) is 0 Å². The quantitative estimate of drug-likeness (QED) is 0.190. The van der Waals surface area contributed by atoms with Crippen LogP contribution < -0.4 is 0 Å². The molecule has 0 amide bonds. The van der Waals surface area contributed by atoms with Crippen molar-refractivity contribution in [1.29, 1.82) is 0 Å². The van der Waals surface area contributed by atoms with Crippen LogP contribution >= 0.6 is 34.3 Å². The van der Waals surface area contributed by atoms with E-state index in [9.17, 15) is 0 Å². The van der Waals surface area contributed by atoms with Gasteiger partial charge in [-0.2, -0.15) is 0 Å². The van der Waals surface area contributed by atoms with Gasteiger partial charge >= 0.3 is 0 Å². The number of halogens is 1. The number of hydrogen-bond donors (Lipinski definition) is 0. The molecule has 0 N–H and O–H groups in total. The fourth-order valence-electron chi connectivity index (χ4n) is 6.76. The predicted molar refractivity (Wildman–Crippen MR) is 182 cm³/mol. The Kier molecular flexibility index (Phi) is 4.54. The first-order chi connectivity index (χ1) is 20.8. The summed E-state index contributed by atoms with van der Waals surface area (Å²) in [5, 5.41) is 11.5. The molecule has 0 fully saturated rings. The van der Waals surface area contributed by atoms with Gasteiger partial charge in [-0.15, -0.1) is 22.7 Å². The molecular formula is C36H18ClN3S2. The second-order valence-electron chi connectivity index (χ2n) is 10.7. The van der Waals surface area contributed by atoms with E-state index < -0.39 is 0 Å². The molecule has 0 unspecified atom stereocenters. The third kappa shape index (κ3) is 2.90. The molecule has 3 nitrogen and oxygen atoms in total. The first-order valence-corrected chi connectivity index (χ1v) is 15.8. The topological polar surface area (TPSA) is 30.7 Å². The van der Waals surface area contributed by atoms with Gasteiger partial charge in [0.1, 0.15) is 10.3 Å². The molecule has 6 aromatic carbocycles. The van der Waals surface area contributed by atoms with Crippen molar-refractivity contribution in [3.05, 3.63) is 114 Å². The van der Waals surface area contributed by atoms with E-state index in [0.29, 0.717) is 11.0 Å². The van der Waals surface area contributed by atoms with E-state index in [4.69, 9.17) is 21.6 Å². The molecule has 0 spiro atoms. The summed E-state index contributed by atoms with van der Waals surface area (Å²) in [5.74, 6) is 0.665. The molecule has 4 aromatic heterocycles. The van der Waals surface area contributed by atoms with Gasteiger partial charge < -0.3 is 0 Å². The highest BCUT2D eigenvalue weighted by Crippen LogP contribution is 2.49. The molecule has 6 heteroatoms. The van der Waals surface area contributed by atoms with Gasteiger partial charge in [0.2, 0.25) is 0 Å². The SMILES string of the molecule is Clc1nc2sc3ccccc3c2nc1-n1c2ccccc2c2c3ccccc3c3c4ccc5ccccc5c4sc3c21. The van der Waals surface area contributed by atoms with Crippen molar-refractivity contribution in [1.82, 2.24) is 14.5 Å². The van der Waals surface area contributed by atoms with Crippen LogP contribution in [0.25, 0.3) is 89.8 Å². The van der Waals surface area contributed by atoms with Gasteiger partial charge in [-0.25, -0.2) is 9.97 Å². The normalized spacial score (nSPS) is 12.4. The molecule has 0 atom stereocenters. The van der Waals surface area contributed by atoms with Crippen molar-refractivity contribution in [2.75, 3.05) is 0 Å². The first kappa shape index (κ1) is 23.1. The van der Waals surface area contributed by atoms with E-state index in [2.05, 4.69) is 114 Å². The molecule has 0 bridgehead atoms. The number of thiophene rings is 2. The van der Waals surface area contributed by atoms with Crippen molar-refractivity contribution in [3.8, 4) is 5.82 Å². The Morgan fingerprint density at radius 1 is 0.548 bits per heavy atom. The summed E-state index contributed by atoms with van der Waals surface area (Å²) in [6, 6.07) is 39.0. The van der Waals surface area contributed by atoms with E-state index in [0.717, 1.165) is 31.5 Å². The molecule has 0 radical (unpaired) electrons. The molecule has 0 aliphatic heterocycles. The van der Waals surface area contributed by atoms with Crippen molar-refractivity contribution >= 4 is 118 Å². The minimum atomic E-state index is 0.407. The van der Waals surface area contributed by atoms with Gasteiger partial charge in [0.05, 0.1) is 15.7 Å². The minimum absolute atomic E-state index is 0.407. The average molecular weight is 592 g/mol. The maximum Gasteiger partial charge on any atom is 0.176 e. The molecular weight excluding hydrogens is 574 g/mol. The second-order valence-corrected chi connectivity index (χ2v) is 13.1. The molecule has 0 saturated heterocycles. The lowest BCUT2D eigenvalue weighted by molar-refractivity contribution is 1.08. The molecule has 10 rings (SSSR count). The highest BCUT2D eigenvalue weighted by molar-refractivity contribution is 7.27. The zero-order valence-electron chi connectivity index (χ0n) is 21.9. The Hall–Kier alpha value is -4.55. The van der Waals surface area contributed by atoms with Gasteiger partial charge in [0, 0.05) is 36.3 Å². The van der Waals surface area contributed by atoms with Gasteiger partial charge in [-0.3, -0.25) is 4.57 Å². The van der Waals surface area contributed by atoms with Crippen LogP contribution in [0.15, 0.2) is 109 Å². The monoisotopic (exact) mass is 591 g/mol. The first-order valence-electron chi connectivity index (χ1n) is 13.8. The third-order valence-electron chi connectivity index (χ3n) is 8.50. The fourth-order valence-corrected chi connectivity index (χ4v) is 9.43. The summed E-state index contributed by atoms with van der Waals surface area (Å²) < 4.78 is 5.96. The molecule has 0 aliphatic carbocycles. The summed E-state index contributed by atoms with van der Waals surface area (Å²) in [7, 11) is 0. The Labute approximate surface area is 251 Å². The van der Waals surface area contributed by atoms with E-state index >= 15 is 0 Å². The van der Waals surface area contributed by atoms with Crippen LogP contribution in [0.1, 0.15) is 0 Å². The van der Waals surface area contributed by atoms with Gasteiger partial charge in [0.25, 0.3) is 0 Å². The largest absolute Gasteiger partial charge is 0.290 e. The molecule has 0 aliphatic rings. The van der Waals surface area contributed by atoms with E-state index in [1.807, 2.05) is 11.3 Å². The third-order valence-corrected chi connectivity index (χ3v) is 11.1. The van der Waals surface area contributed by atoms with Crippen LogP contribution in [-0.4, -0.2) is 14.5 Å². The molecule has 4 heterocycles. The molecule has 196 valence electrons. The summed E-state index contributed by atoms with van der Waals surface area (Å²) in [5.41, 5.74) is 3.09. The number of para-hydroxylation sites is 1. The highest BCUT2D eigenvalue weighted by atomic mass is 35.5. The maximum atomic E-state index is 7.06. The minimum Gasteiger partial charge on any atom is -0.290 e. The Balaban J connectivity index is 1.49. The van der Waals surface area contributed by atoms with Crippen LogP contribution in [0.3, 0.4) is 0 Å². The molecule has 10 aromatic rings. The zero-order valence-corrected chi connectivity index (χ0v) is 24.3. The van der Waals surface area contributed by atoms with Gasteiger partial charge in [-0.05, 0) is 33.7 Å². The Morgan fingerprint density at radius 2 is 1.24 bits per heavy atom. The molecule has 0 saturated carbocycles. The summed E-state index contributed by atoms with van der Waals surface area (Å²) in [6.07, 6.45) is 0.